The zero-order valence-electron chi connectivity index (χ0n) is 8.67. The molecule has 0 saturated carbocycles. The predicted molar refractivity (Wildman–Crippen MR) is 59.5 cm³/mol. The molecule has 0 fully saturated rings. The van der Waals surface area contributed by atoms with E-state index in [1.807, 2.05) is 24.0 Å². The first-order chi connectivity index (χ1) is 6.83. The molecule has 1 heterocycles. The highest BCUT2D eigenvalue weighted by molar-refractivity contribution is 6.17. The largest absolute Gasteiger partial charge is 0.311 e. The second-order valence-corrected chi connectivity index (χ2v) is 3.79. The molecule has 1 aromatic rings. The molecule has 0 saturated heterocycles. The van der Waals surface area contributed by atoms with Gasteiger partial charge in [0.1, 0.15) is 0 Å². The molecule has 1 N–H and O–H groups in total. The van der Waals surface area contributed by atoms with E-state index in [-0.39, 0.29) is 0 Å². The monoisotopic (exact) mass is 215 g/mol. The van der Waals surface area contributed by atoms with Crippen LogP contribution >= 0.6 is 11.6 Å². The van der Waals surface area contributed by atoms with E-state index in [4.69, 9.17) is 11.6 Å². The summed E-state index contributed by atoms with van der Waals surface area (Å²) in [6, 6.07) is 2.03. The number of alkyl halides is 1. The van der Waals surface area contributed by atoms with Gasteiger partial charge in [-0.25, -0.2) is 0 Å². The maximum atomic E-state index is 5.58. The van der Waals surface area contributed by atoms with Gasteiger partial charge in [-0.05, 0) is 25.5 Å². The van der Waals surface area contributed by atoms with Gasteiger partial charge < -0.3 is 5.32 Å². The third-order valence-corrected chi connectivity index (χ3v) is 2.33. The Morgan fingerprint density at radius 2 is 2.29 bits per heavy atom. The summed E-state index contributed by atoms with van der Waals surface area (Å²) in [7, 11) is 1.93. The molecular weight excluding hydrogens is 198 g/mol. The van der Waals surface area contributed by atoms with Crippen LogP contribution in [0, 0.1) is 0 Å². The van der Waals surface area contributed by atoms with Crippen molar-refractivity contribution < 1.29 is 0 Å². The quantitative estimate of drug-likeness (QED) is 0.557. The number of halogens is 1. The number of hydrogen-bond acceptors (Lipinski definition) is 2. The predicted octanol–water partition coefficient (Wildman–Crippen LogP) is 1.92. The molecular formula is C10H18ClN3. The summed E-state index contributed by atoms with van der Waals surface area (Å²) in [5.41, 5.74) is 1.10. The molecule has 0 atom stereocenters. The van der Waals surface area contributed by atoms with E-state index < -0.39 is 0 Å². The Morgan fingerprint density at radius 1 is 1.43 bits per heavy atom. The summed E-state index contributed by atoms with van der Waals surface area (Å²) in [6.07, 6.45) is 5.48. The van der Waals surface area contributed by atoms with Crippen LogP contribution in [-0.4, -0.2) is 22.2 Å². The van der Waals surface area contributed by atoms with Gasteiger partial charge in [-0.15, -0.1) is 11.6 Å². The second kappa shape index (κ2) is 6.85. The van der Waals surface area contributed by atoms with Crippen LogP contribution in [0.2, 0.25) is 0 Å². The standard InChI is InChI=1S/C10H18ClN3/c1-14-8-5-10(13-14)9-12-7-4-2-3-6-11/h5,8,12H,2-4,6-7,9H2,1H3. The van der Waals surface area contributed by atoms with E-state index in [2.05, 4.69) is 10.4 Å². The molecule has 80 valence electrons. The number of rotatable bonds is 7. The summed E-state index contributed by atoms with van der Waals surface area (Å²) in [6.45, 7) is 1.91. The van der Waals surface area contributed by atoms with Crippen LogP contribution < -0.4 is 5.32 Å². The summed E-state index contributed by atoms with van der Waals surface area (Å²) in [5, 5.41) is 7.63. The van der Waals surface area contributed by atoms with Crippen molar-refractivity contribution in [1.29, 1.82) is 0 Å². The van der Waals surface area contributed by atoms with Crippen LogP contribution in [0.5, 0.6) is 0 Å². The van der Waals surface area contributed by atoms with Crippen molar-refractivity contribution in [3.63, 3.8) is 0 Å². The van der Waals surface area contributed by atoms with Crippen LogP contribution in [0.3, 0.4) is 0 Å². The molecule has 0 radical (unpaired) electrons. The van der Waals surface area contributed by atoms with E-state index in [9.17, 15) is 0 Å². The first-order valence-corrected chi connectivity index (χ1v) is 5.61. The molecule has 0 aromatic carbocycles. The molecule has 0 aliphatic rings. The first-order valence-electron chi connectivity index (χ1n) is 5.08. The van der Waals surface area contributed by atoms with Gasteiger partial charge in [0.25, 0.3) is 0 Å². The van der Waals surface area contributed by atoms with Crippen LogP contribution in [0.15, 0.2) is 12.3 Å². The highest BCUT2D eigenvalue weighted by atomic mass is 35.5. The number of nitrogens with zero attached hydrogens (tertiary/aromatic N) is 2. The Morgan fingerprint density at radius 3 is 2.93 bits per heavy atom. The third-order valence-electron chi connectivity index (χ3n) is 2.06. The summed E-state index contributed by atoms with van der Waals surface area (Å²) in [4.78, 5) is 0. The Labute approximate surface area is 90.4 Å². The van der Waals surface area contributed by atoms with Gasteiger partial charge in [-0.1, -0.05) is 6.42 Å². The average Bonchev–Trinajstić information content (AvgIpc) is 2.58. The van der Waals surface area contributed by atoms with Crippen molar-refractivity contribution in [1.82, 2.24) is 15.1 Å². The van der Waals surface area contributed by atoms with Gasteiger partial charge in [-0.2, -0.15) is 5.10 Å². The summed E-state index contributed by atoms with van der Waals surface area (Å²) in [5.74, 6) is 0.778. The van der Waals surface area contributed by atoms with Crippen LogP contribution in [-0.2, 0) is 13.6 Å². The van der Waals surface area contributed by atoms with Crippen molar-refractivity contribution >= 4 is 11.6 Å². The highest BCUT2D eigenvalue weighted by Gasteiger charge is 1.95. The van der Waals surface area contributed by atoms with Crippen molar-refractivity contribution in [2.45, 2.75) is 25.8 Å². The van der Waals surface area contributed by atoms with Gasteiger partial charge in [0.05, 0.1) is 5.69 Å². The Kier molecular flexibility index (Phi) is 5.64. The molecule has 0 unspecified atom stereocenters. The zero-order chi connectivity index (χ0) is 10.2. The lowest BCUT2D eigenvalue weighted by molar-refractivity contribution is 0.604. The van der Waals surface area contributed by atoms with E-state index in [1.165, 1.54) is 12.8 Å². The first kappa shape index (κ1) is 11.5. The zero-order valence-corrected chi connectivity index (χ0v) is 9.43. The van der Waals surface area contributed by atoms with E-state index >= 15 is 0 Å². The third kappa shape index (κ3) is 4.63. The second-order valence-electron chi connectivity index (χ2n) is 3.41. The van der Waals surface area contributed by atoms with Gasteiger partial charge in [0.2, 0.25) is 0 Å². The Hall–Kier alpha value is -0.540. The molecule has 0 bridgehead atoms. The summed E-state index contributed by atoms with van der Waals surface area (Å²) >= 11 is 5.58. The lowest BCUT2D eigenvalue weighted by Gasteiger charge is -2.01. The average molecular weight is 216 g/mol. The van der Waals surface area contributed by atoms with Gasteiger partial charge >= 0.3 is 0 Å². The molecule has 1 aromatic heterocycles. The number of hydrogen-bond donors (Lipinski definition) is 1. The van der Waals surface area contributed by atoms with E-state index in [0.717, 1.165) is 31.1 Å². The normalized spacial score (nSPS) is 10.7. The maximum Gasteiger partial charge on any atom is 0.0762 e. The van der Waals surface area contributed by atoms with Crippen LogP contribution in [0.25, 0.3) is 0 Å². The van der Waals surface area contributed by atoms with Gasteiger partial charge in [0, 0.05) is 25.7 Å². The van der Waals surface area contributed by atoms with Crippen LogP contribution in [0.1, 0.15) is 25.0 Å². The number of unbranched alkanes of at least 4 members (excludes halogenated alkanes) is 2. The van der Waals surface area contributed by atoms with Crippen molar-refractivity contribution in [3.05, 3.63) is 18.0 Å². The lowest BCUT2D eigenvalue weighted by Crippen LogP contribution is -2.15. The minimum absolute atomic E-state index is 0.778. The topological polar surface area (TPSA) is 29.9 Å². The van der Waals surface area contributed by atoms with Crippen molar-refractivity contribution in [2.75, 3.05) is 12.4 Å². The minimum atomic E-state index is 0.778. The SMILES string of the molecule is Cn1ccc(CNCCCCCCl)n1. The molecule has 0 aliphatic carbocycles. The Balaban J connectivity index is 1.99. The fourth-order valence-electron chi connectivity index (χ4n) is 1.30. The molecule has 0 aliphatic heterocycles. The number of nitrogens with one attached hydrogen (secondary N) is 1. The number of aromatic nitrogens is 2. The molecule has 0 amide bonds. The molecule has 4 heteroatoms. The molecule has 0 spiro atoms. The van der Waals surface area contributed by atoms with E-state index in [0.29, 0.717) is 0 Å². The molecule has 3 nitrogen and oxygen atoms in total. The fraction of sp³-hybridized carbons (Fsp3) is 0.700. The highest BCUT2D eigenvalue weighted by Crippen LogP contribution is 1.97. The summed E-state index contributed by atoms with van der Waals surface area (Å²) < 4.78 is 1.82. The van der Waals surface area contributed by atoms with Gasteiger partial charge in [-0.3, -0.25) is 4.68 Å². The van der Waals surface area contributed by atoms with Gasteiger partial charge in [0.15, 0.2) is 0 Å². The van der Waals surface area contributed by atoms with Crippen molar-refractivity contribution in [3.8, 4) is 0 Å². The van der Waals surface area contributed by atoms with Crippen molar-refractivity contribution in [2.24, 2.45) is 7.05 Å². The van der Waals surface area contributed by atoms with Crippen LogP contribution in [0.4, 0.5) is 0 Å². The maximum absolute atomic E-state index is 5.58. The number of aryl methyl sites for hydroxylation is 1. The molecule has 14 heavy (non-hydrogen) atoms. The fourth-order valence-corrected chi connectivity index (χ4v) is 1.48. The smallest absolute Gasteiger partial charge is 0.0762 e. The van der Waals surface area contributed by atoms with E-state index in [1.54, 1.807) is 0 Å². The molecule has 1 rings (SSSR count). The lowest BCUT2D eigenvalue weighted by atomic mass is 10.2. The minimum Gasteiger partial charge on any atom is -0.311 e. The Bertz CT molecular complexity index is 247.